The standard InChI is InChI=1S/C10H12F3N5O2/c11-10(12,13)7-1-2-15-9(16-7)18-3-4-20-6(5-18)8(14)17-19/h1-2,6,19H,3-5H2,(H2,14,17). The van der Waals surface area contributed by atoms with E-state index >= 15 is 0 Å². The van der Waals surface area contributed by atoms with Gasteiger partial charge in [-0.15, -0.1) is 0 Å². The van der Waals surface area contributed by atoms with E-state index in [-0.39, 0.29) is 24.9 Å². The first-order chi connectivity index (χ1) is 9.41. The molecule has 0 bridgehead atoms. The van der Waals surface area contributed by atoms with Gasteiger partial charge in [0.2, 0.25) is 5.95 Å². The van der Waals surface area contributed by atoms with E-state index < -0.39 is 18.0 Å². The highest BCUT2D eigenvalue weighted by Gasteiger charge is 2.34. The van der Waals surface area contributed by atoms with Gasteiger partial charge in [-0.3, -0.25) is 0 Å². The summed E-state index contributed by atoms with van der Waals surface area (Å²) in [7, 11) is 0. The molecule has 3 N–H and O–H groups in total. The summed E-state index contributed by atoms with van der Waals surface area (Å²) in [6.45, 7) is 0.633. The molecule has 1 aliphatic rings. The molecule has 20 heavy (non-hydrogen) atoms. The van der Waals surface area contributed by atoms with E-state index in [0.29, 0.717) is 6.54 Å². The van der Waals surface area contributed by atoms with Crippen LogP contribution >= 0.6 is 0 Å². The van der Waals surface area contributed by atoms with Gasteiger partial charge in [0, 0.05) is 12.7 Å². The van der Waals surface area contributed by atoms with Crippen LogP contribution in [0.2, 0.25) is 0 Å². The van der Waals surface area contributed by atoms with Gasteiger partial charge < -0.3 is 20.6 Å². The number of morpholine rings is 1. The van der Waals surface area contributed by atoms with Gasteiger partial charge in [-0.25, -0.2) is 9.97 Å². The molecule has 1 atom stereocenters. The zero-order valence-corrected chi connectivity index (χ0v) is 10.2. The molecule has 1 aromatic heterocycles. The Bertz CT molecular complexity index is 508. The lowest BCUT2D eigenvalue weighted by Crippen LogP contribution is -2.49. The fourth-order valence-electron chi connectivity index (χ4n) is 1.73. The largest absolute Gasteiger partial charge is 0.433 e. The van der Waals surface area contributed by atoms with Gasteiger partial charge in [0.25, 0.3) is 0 Å². The smallest absolute Gasteiger partial charge is 0.409 e. The van der Waals surface area contributed by atoms with Gasteiger partial charge in [0.05, 0.1) is 13.2 Å². The first-order valence-corrected chi connectivity index (χ1v) is 5.66. The first kappa shape index (κ1) is 14.3. The number of nitrogens with two attached hydrogens (primary N) is 1. The van der Waals surface area contributed by atoms with Crippen LogP contribution in [0.3, 0.4) is 0 Å². The maximum atomic E-state index is 12.6. The van der Waals surface area contributed by atoms with Gasteiger partial charge in [-0.2, -0.15) is 13.2 Å². The average Bonchev–Trinajstić information content (AvgIpc) is 2.46. The molecule has 1 aliphatic heterocycles. The summed E-state index contributed by atoms with van der Waals surface area (Å²) in [5.74, 6) is -0.222. The molecule has 1 saturated heterocycles. The molecule has 0 spiro atoms. The third-order valence-electron chi connectivity index (χ3n) is 2.73. The van der Waals surface area contributed by atoms with Crippen molar-refractivity contribution in [1.29, 1.82) is 0 Å². The third kappa shape index (κ3) is 3.07. The number of rotatable bonds is 2. The molecule has 7 nitrogen and oxygen atoms in total. The minimum Gasteiger partial charge on any atom is -0.409 e. The van der Waals surface area contributed by atoms with Crippen LogP contribution in [0.25, 0.3) is 0 Å². The number of halogens is 3. The Morgan fingerprint density at radius 2 is 2.30 bits per heavy atom. The van der Waals surface area contributed by atoms with Crippen LogP contribution in [-0.4, -0.2) is 46.8 Å². The third-order valence-corrected chi connectivity index (χ3v) is 2.73. The monoisotopic (exact) mass is 291 g/mol. The number of hydrogen-bond acceptors (Lipinski definition) is 6. The van der Waals surface area contributed by atoms with E-state index in [4.69, 9.17) is 15.7 Å². The molecular weight excluding hydrogens is 279 g/mol. The molecule has 0 saturated carbocycles. The topological polar surface area (TPSA) is 96.9 Å². The summed E-state index contributed by atoms with van der Waals surface area (Å²) in [4.78, 5) is 8.78. The van der Waals surface area contributed by atoms with E-state index in [9.17, 15) is 13.2 Å². The van der Waals surface area contributed by atoms with Crippen molar-refractivity contribution in [3.8, 4) is 0 Å². The Labute approximate surface area is 111 Å². The molecule has 0 aromatic carbocycles. The number of amidine groups is 1. The van der Waals surface area contributed by atoms with Crippen LogP contribution in [0.4, 0.5) is 19.1 Å². The SMILES string of the molecule is NC(=NO)C1CN(c2nccc(C(F)(F)F)n2)CCO1. The number of anilines is 1. The van der Waals surface area contributed by atoms with Crippen molar-refractivity contribution in [3.05, 3.63) is 18.0 Å². The van der Waals surface area contributed by atoms with Crippen molar-refractivity contribution in [3.63, 3.8) is 0 Å². The van der Waals surface area contributed by atoms with Crippen LogP contribution in [-0.2, 0) is 10.9 Å². The van der Waals surface area contributed by atoms with Crippen LogP contribution in [0.1, 0.15) is 5.69 Å². The predicted octanol–water partition coefficient (Wildman–Crippen LogP) is 0.447. The Morgan fingerprint density at radius 3 is 2.95 bits per heavy atom. The van der Waals surface area contributed by atoms with E-state index in [1.807, 2.05) is 0 Å². The van der Waals surface area contributed by atoms with Crippen molar-refractivity contribution in [2.75, 3.05) is 24.6 Å². The quantitative estimate of drug-likeness (QED) is 0.355. The van der Waals surface area contributed by atoms with Gasteiger partial charge in [-0.1, -0.05) is 5.16 Å². The molecule has 1 aromatic rings. The predicted molar refractivity (Wildman–Crippen MR) is 62.4 cm³/mol. The second kappa shape index (κ2) is 5.49. The highest BCUT2D eigenvalue weighted by molar-refractivity contribution is 5.85. The highest BCUT2D eigenvalue weighted by atomic mass is 19.4. The molecule has 2 rings (SSSR count). The molecule has 0 aliphatic carbocycles. The lowest BCUT2D eigenvalue weighted by molar-refractivity contribution is -0.141. The van der Waals surface area contributed by atoms with Crippen LogP contribution in [0, 0.1) is 0 Å². The molecule has 2 heterocycles. The van der Waals surface area contributed by atoms with Crippen LogP contribution < -0.4 is 10.6 Å². The fourth-order valence-corrected chi connectivity index (χ4v) is 1.73. The normalized spacial score (nSPS) is 21.1. The summed E-state index contributed by atoms with van der Waals surface area (Å²) in [5, 5.41) is 11.4. The molecule has 1 unspecified atom stereocenters. The second-order valence-corrected chi connectivity index (χ2v) is 4.07. The molecule has 110 valence electrons. The summed E-state index contributed by atoms with van der Waals surface area (Å²) >= 11 is 0. The van der Waals surface area contributed by atoms with E-state index in [1.165, 1.54) is 4.90 Å². The Kier molecular flexibility index (Phi) is 3.93. The molecule has 0 radical (unpaired) electrons. The number of aromatic nitrogens is 2. The molecule has 0 amide bonds. The lowest BCUT2D eigenvalue weighted by Gasteiger charge is -2.32. The number of oxime groups is 1. The fraction of sp³-hybridized carbons (Fsp3) is 0.500. The Hall–Kier alpha value is -2.10. The molecule has 10 heteroatoms. The van der Waals surface area contributed by atoms with Gasteiger partial charge >= 0.3 is 6.18 Å². The zero-order chi connectivity index (χ0) is 14.8. The van der Waals surface area contributed by atoms with Crippen molar-refractivity contribution >= 4 is 11.8 Å². The molecular formula is C10H12F3N5O2. The number of alkyl halides is 3. The van der Waals surface area contributed by atoms with Crippen molar-refractivity contribution in [2.24, 2.45) is 10.9 Å². The zero-order valence-electron chi connectivity index (χ0n) is 10.2. The number of ether oxygens (including phenoxy) is 1. The van der Waals surface area contributed by atoms with E-state index in [2.05, 4.69) is 15.1 Å². The summed E-state index contributed by atoms with van der Waals surface area (Å²) in [6.07, 6.45) is -4.21. The number of hydrogen-bond donors (Lipinski definition) is 2. The lowest BCUT2D eigenvalue weighted by atomic mass is 10.2. The van der Waals surface area contributed by atoms with Crippen molar-refractivity contribution in [1.82, 2.24) is 9.97 Å². The van der Waals surface area contributed by atoms with E-state index in [0.717, 1.165) is 12.3 Å². The summed E-state index contributed by atoms with van der Waals surface area (Å²) in [6, 6.07) is 0.797. The van der Waals surface area contributed by atoms with E-state index in [1.54, 1.807) is 0 Å². The second-order valence-electron chi connectivity index (χ2n) is 4.07. The maximum Gasteiger partial charge on any atom is 0.433 e. The van der Waals surface area contributed by atoms with Gasteiger partial charge in [0.15, 0.2) is 5.84 Å². The highest BCUT2D eigenvalue weighted by Crippen LogP contribution is 2.28. The number of nitrogens with zero attached hydrogens (tertiary/aromatic N) is 4. The summed E-state index contributed by atoms with van der Waals surface area (Å²) < 4.78 is 43.0. The average molecular weight is 291 g/mol. The first-order valence-electron chi connectivity index (χ1n) is 5.66. The van der Waals surface area contributed by atoms with Crippen molar-refractivity contribution < 1.29 is 23.1 Å². The van der Waals surface area contributed by atoms with Gasteiger partial charge in [0.1, 0.15) is 11.8 Å². The Balaban J connectivity index is 2.19. The maximum absolute atomic E-state index is 12.6. The summed E-state index contributed by atoms with van der Waals surface area (Å²) in [5.41, 5.74) is 4.40. The van der Waals surface area contributed by atoms with Crippen LogP contribution in [0.15, 0.2) is 17.4 Å². The Morgan fingerprint density at radius 1 is 1.55 bits per heavy atom. The minimum atomic E-state index is -4.53. The van der Waals surface area contributed by atoms with Gasteiger partial charge in [-0.05, 0) is 6.07 Å². The van der Waals surface area contributed by atoms with Crippen molar-refractivity contribution in [2.45, 2.75) is 12.3 Å². The molecule has 1 fully saturated rings. The van der Waals surface area contributed by atoms with Crippen LogP contribution in [0.5, 0.6) is 0 Å². The minimum absolute atomic E-state index is 0.0705.